The van der Waals surface area contributed by atoms with Crippen LogP contribution < -0.4 is 9.47 Å². The highest BCUT2D eigenvalue weighted by atomic mass is 16.6. The van der Waals surface area contributed by atoms with E-state index in [1.54, 1.807) is 0 Å². The minimum atomic E-state index is -0.0737. The van der Waals surface area contributed by atoms with Crippen LogP contribution in [-0.4, -0.2) is 32.5 Å². The van der Waals surface area contributed by atoms with Gasteiger partial charge >= 0.3 is 0 Å². The first-order valence-corrected chi connectivity index (χ1v) is 9.13. The fraction of sp³-hybridized carbons (Fsp3) is 0.136. The first-order valence-electron chi connectivity index (χ1n) is 9.13. The number of benzene rings is 2. The van der Waals surface area contributed by atoms with Gasteiger partial charge in [-0.15, -0.1) is 0 Å². The smallest absolute Gasteiger partial charge is 0.161 e. The van der Waals surface area contributed by atoms with Gasteiger partial charge in [0.05, 0.1) is 12.2 Å². The summed E-state index contributed by atoms with van der Waals surface area (Å²) < 4.78 is 13.7. The quantitative estimate of drug-likeness (QED) is 0.546. The fourth-order valence-corrected chi connectivity index (χ4v) is 3.29. The maximum Gasteiger partial charge on any atom is 0.161 e. The Morgan fingerprint density at radius 1 is 0.893 bits per heavy atom. The minimum absolute atomic E-state index is 0.0737. The highest BCUT2D eigenvalue weighted by Crippen LogP contribution is 2.31. The molecule has 0 bridgehead atoms. The van der Waals surface area contributed by atoms with Crippen molar-refractivity contribution in [1.29, 1.82) is 0 Å². The lowest BCUT2D eigenvalue weighted by atomic mass is 10.0. The van der Waals surface area contributed by atoms with Crippen LogP contribution in [0.25, 0.3) is 22.4 Å². The van der Waals surface area contributed by atoms with E-state index in [2.05, 4.69) is 22.1 Å². The number of aromatic nitrogens is 4. The van der Waals surface area contributed by atoms with Gasteiger partial charge in [-0.05, 0) is 29.8 Å². The SMILES string of the molecule is c1cc(-c2cncnc2)cc(-c2ccn(CC3COc4ccccc4O3)n2)c1. The van der Waals surface area contributed by atoms with E-state index in [1.807, 2.05) is 65.7 Å². The Labute approximate surface area is 162 Å². The molecular formula is C22H18N4O2. The highest BCUT2D eigenvalue weighted by molar-refractivity contribution is 5.70. The van der Waals surface area contributed by atoms with Gasteiger partial charge in [-0.3, -0.25) is 4.68 Å². The molecule has 6 heteroatoms. The summed E-state index contributed by atoms with van der Waals surface area (Å²) in [6.45, 7) is 1.14. The lowest BCUT2D eigenvalue weighted by Crippen LogP contribution is -2.33. The molecule has 5 rings (SSSR count). The van der Waals surface area contributed by atoms with Crippen molar-refractivity contribution < 1.29 is 9.47 Å². The van der Waals surface area contributed by atoms with Crippen LogP contribution >= 0.6 is 0 Å². The number of nitrogens with zero attached hydrogens (tertiary/aromatic N) is 4. The second-order valence-electron chi connectivity index (χ2n) is 6.63. The average molecular weight is 370 g/mol. The summed E-state index contributed by atoms with van der Waals surface area (Å²) >= 11 is 0. The number of hydrogen-bond acceptors (Lipinski definition) is 5. The van der Waals surface area contributed by atoms with E-state index >= 15 is 0 Å². The molecule has 1 unspecified atom stereocenters. The van der Waals surface area contributed by atoms with Crippen molar-refractivity contribution in [2.45, 2.75) is 12.6 Å². The van der Waals surface area contributed by atoms with Crippen LogP contribution in [0.15, 0.2) is 79.5 Å². The minimum Gasteiger partial charge on any atom is -0.486 e. The molecule has 28 heavy (non-hydrogen) atoms. The van der Waals surface area contributed by atoms with Crippen molar-refractivity contribution in [2.24, 2.45) is 0 Å². The molecule has 2 aromatic heterocycles. The molecule has 0 radical (unpaired) electrons. The molecule has 6 nitrogen and oxygen atoms in total. The predicted octanol–water partition coefficient (Wildman–Crippen LogP) is 3.85. The van der Waals surface area contributed by atoms with E-state index in [1.165, 1.54) is 6.33 Å². The van der Waals surface area contributed by atoms with Crippen LogP contribution in [-0.2, 0) is 6.54 Å². The number of hydrogen-bond donors (Lipinski definition) is 0. The summed E-state index contributed by atoms with van der Waals surface area (Å²) in [6.07, 6.45) is 7.05. The zero-order chi connectivity index (χ0) is 18.8. The zero-order valence-corrected chi connectivity index (χ0v) is 15.1. The Morgan fingerprint density at radius 2 is 1.71 bits per heavy atom. The van der Waals surface area contributed by atoms with Gasteiger partial charge in [0.2, 0.25) is 0 Å². The molecule has 3 heterocycles. The van der Waals surface area contributed by atoms with E-state index in [9.17, 15) is 0 Å². The van der Waals surface area contributed by atoms with Crippen LogP contribution in [0.3, 0.4) is 0 Å². The normalized spacial score (nSPS) is 15.4. The lowest BCUT2D eigenvalue weighted by molar-refractivity contribution is 0.0759. The van der Waals surface area contributed by atoms with E-state index in [-0.39, 0.29) is 6.10 Å². The van der Waals surface area contributed by atoms with E-state index < -0.39 is 0 Å². The van der Waals surface area contributed by atoms with Gasteiger partial charge in [-0.25, -0.2) is 9.97 Å². The standard InChI is InChI=1S/C22H18N4O2/c1-2-7-22-21(6-1)27-14-19(28-22)13-26-9-8-20(25-26)17-5-3-4-16(10-17)18-11-23-15-24-12-18/h1-12,15,19H,13-14H2. The van der Waals surface area contributed by atoms with Gasteiger partial charge in [0.1, 0.15) is 12.9 Å². The molecule has 0 aliphatic carbocycles. The summed E-state index contributed by atoms with van der Waals surface area (Å²) in [5.41, 5.74) is 4.01. The van der Waals surface area contributed by atoms with E-state index in [4.69, 9.17) is 14.6 Å². The summed E-state index contributed by atoms with van der Waals surface area (Å²) in [4.78, 5) is 8.18. The molecular weight excluding hydrogens is 352 g/mol. The predicted molar refractivity (Wildman–Crippen MR) is 105 cm³/mol. The van der Waals surface area contributed by atoms with Crippen molar-refractivity contribution in [3.8, 4) is 33.9 Å². The van der Waals surface area contributed by atoms with Crippen LogP contribution in [0.4, 0.5) is 0 Å². The van der Waals surface area contributed by atoms with Crippen molar-refractivity contribution in [3.63, 3.8) is 0 Å². The number of ether oxygens (including phenoxy) is 2. The third kappa shape index (κ3) is 3.32. The van der Waals surface area contributed by atoms with Crippen LogP contribution in [0.5, 0.6) is 11.5 Å². The summed E-state index contributed by atoms with van der Waals surface area (Å²) in [5.74, 6) is 1.57. The Hall–Kier alpha value is -3.67. The largest absolute Gasteiger partial charge is 0.486 e. The Balaban J connectivity index is 1.33. The molecule has 138 valence electrons. The third-order valence-corrected chi connectivity index (χ3v) is 4.65. The lowest BCUT2D eigenvalue weighted by Gasteiger charge is -2.26. The number of fused-ring (bicyclic) bond motifs is 1. The van der Waals surface area contributed by atoms with Gasteiger partial charge in [0.25, 0.3) is 0 Å². The van der Waals surface area contributed by atoms with Crippen molar-refractivity contribution in [2.75, 3.05) is 6.61 Å². The topological polar surface area (TPSA) is 62.1 Å². The average Bonchev–Trinajstić information content (AvgIpc) is 3.23. The second-order valence-corrected chi connectivity index (χ2v) is 6.63. The van der Waals surface area contributed by atoms with Gasteiger partial charge in [0.15, 0.2) is 17.6 Å². The molecule has 1 aliphatic heterocycles. The summed E-state index contributed by atoms with van der Waals surface area (Å²) in [5, 5.41) is 4.72. The molecule has 0 fully saturated rings. The summed E-state index contributed by atoms with van der Waals surface area (Å²) in [6, 6.07) is 18.0. The van der Waals surface area contributed by atoms with Crippen molar-refractivity contribution in [1.82, 2.24) is 19.7 Å². The molecule has 1 atom stereocenters. The number of para-hydroxylation sites is 2. The maximum absolute atomic E-state index is 6.03. The summed E-state index contributed by atoms with van der Waals surface area (Å²) in [7, 11) is 0. The second kappa shape index (κ2) is 7.15. The highest BCUT2D eigenvalue weighted by Gasteiger charge is 2.21. The van der Waals surface area contributed by atoms with E-state index in [0.29, 0.717) is 13.2 Å². The zero-order valence-electron chi connectivity index (χ0n) is 15.1. The van der Waals surface area contributed by atoms with Crippen molar-refractivity contribution in [3.05, 3.63) is 79.5 Å². The molecule has 0 N–H and O–H groups in total. The van der Waals surface area contributed by atoms with E-state index in [0.717, 1.165) is 33.9 Å². The van der Waals surface area contributed by atoms with Crippen LogP contribution in [0.2, 0.25) is 0 Å². The monoisotopic (exact) mass is 370 g/mol. The van der Waals surface area contributed by atoms with Gasteiger partial charge in [-0.1, -0.05) is 30.3 Å². The van der Waals surface area contributed by atoms with Gasteiger partial charge < -0.3 is 9.47 Å². The van der Waals surface area contributed by atoms with Gasteiger partial charge in [-0.2, -0.15) is 5.10 Å². The molecule has 0 spiro atoms. The fourth-order valence-electron chi connectivity index (χ4n) is 3.29. The maximum atomic E-state index is 6.03. The Morgan fingerprint density at radius 3 is 2.61 bits per heavy atom. The molecule has 1 aliphatic rings. The Bertz CT molecular complexity index is 1090. The molecule has 0 amide bonds. The number of rotatable bonds is 4. The van der Waals surface area contributed by atoms with Gasteiger partial charge in [0, 0.05) is 29.7 Å². The molecule has 0 saturated heterocycles. The van der Waals surface area contributed by atoms with Crippen LogP contribution in [0, 0.1) is 0 Å². The molecule has 0 saturated carbocycles. The third-order valence-electron chi connectivity index (χ3n) is 4.65. The first kappa shape index (κ1) is 16.5. The van der Waals surface area contributed by atoms with Crippen LogP contribution in [0.1, 0.15) is 0 Å². The molecule has 4 aromatic rings. The Kier molecular flexibility index (Phi) is 4.21. The first-order chi connectivity index (χ1) is 13.8. The molecule has 2 aromatic carbocycles. The van der Waals surface area contributed by atoms with Crippen molar-refractivity contribution >= 4 is 0 Å².